The minimum atomic E-state index is -0.112. The molecule has 0 aliphatic rings. The van der Waals surface area contributed by atoms with E-state index in [0.29, 0.717) is 5.56 Å². The van der Waals surface area contributed by atoms with E-state index in [0.717, 1.165) is 76.7 Å². The third-order valence-electron chi connectivity index (χ3n) is 10.3. The molecule has 248 valence electrons. The number of hydrogen-bond donors (Lipinski definition) is 0. The molecule has 10 aromatic rings. The Hall–Kier alpha value is -6.96. The van der Waals surface area contributed by atoms with E-state index in [1.165, 1.54) is 0 Å². The van der Waals surface area contributed by atoms with Gasteiger partial charge < -0.3 is 4.90 Å². The molecular weight excluding hydrogens is 639 g/mol. The second-order valence-electron chi connectivity index (χ2n) is 13.5. The molecule has 10 rings (SSSR count). The van der Waals surface area contributed by atoms with E-state index in [-0.39, 0.29) is 35.4 Å². The van der Waals surface area contributed by atoms with Crippen LogP contribution in [0.4, 0.5) is 17.1 Å². The molecule has 1 heteroatoms. The highest BCUT2D eigenvalue weighted by atomic mass is 15.1. The molecule has 0 amide bonds. The van der Waals surface area contributed by atoms with E-state index >= 15 is 0 Å². The van der Waals surface area contributed by atoms with Gasteiger partial charge in [-0.2, -0.15) is 0 Å². The summed E-state index contributed by atoms with van der Waals surface area (Å²) < 4.78 is 38.0. The van der Waals surface area contributed by atoms with Crippen molar-refractivity contribution in [2.24, 2.45) is 0 Å². The average Bonchev–Trinajstić information content (AvgIpc) is 3.27. The Bertz CT molecular complexity index is 3150. The van der Waals surface area contributed by atoms with Crippen LogP contribution in [-0.4, -0.2) is 0 Å². The summed E-state index contributed by atoms with van der Waals surface area (Å²) in [5.41, 5.74) is 6.73. The molecule has 0 N–H and O–H groups in total. The van der Waals surface area contributed by atoms with Crippen molar-refractivity contribution >= 4 is 60.2 Å². The molecule has 0 atom stereocenters. The van der Waals surface area contributed by atoms with Crippen LogP contribution in [0.15, 0.2) is 212 Å². The van der Waals surface area contributed by atoms with Gasteiger partial charge in [0, 0.05) is 17.1 Å². The van der Waals surface area contributed by atoms with Crippen molar-refractivity contribution in [2.75, 3.05) is 4.90 Å². The summed E-state index contributed by atoms with van der Waals surface area (Å²) in [5, 5.41) is 8.94. The zero-order chi connectivity index (χ0) is 38.6. The highest BCUT2D eigenvalue weighted by Crippen LogP contribution is 2.40. The van der Waals surface area contributed by atoms with E-state index in [9.17, 15) is 5.48 Å². The van der Waals surface area contributed by atoms with Crippen molar-refractivity contribution < 1.29 is 5.48 Å². The minimum Gasteiger partial charge on any atom is -0.310 e. The van der Waals surface area contributed by atoms with Gasteiger partial charge in [-0.15, -0.1) is 0 Å². The van der Waals surface area contributed by atoms with Crippen LogP contribution in [-0.2, 0) is 0 Å². The average molecular weight is 678 g/mol. The smallest absolute Gasteiger partial charge is 0.0645 e. The third kappa shape index (κ3) is 5.69. The fraction of sp³-hybridized carbons (Fsp3) is 0. The number of rotatable bonds is 6. The number of hydrogen-bond acceptors (Lipinski definition) is 1. The van der Waals surface area contributed by atoms with Gasteiger partial charge >= 0.3 is 0 Å². The summed E-state index contributed by atoms with van der Waals surface area (Å²) in [4.78, 5) is 1.87. The van der Waals surface area contributed by atoms with Crippen LogP contribution in [0, 0.1) is 0 Å². The molecule has 0 saturated heterocycles. The Kier molecular flexibility index (Phi) is 6.56. The Morgan fingerprint density at radius 1 is 0.283 bits per heavy atom. The first-order valence-corrected chi connectivity index (χ1v) is 17.9. The fourth-order valence-electron chi connectivity index (χ4n) is 7.60. The topological polar surface area (TPSA) is 3.24 Å². The first-order chi connectivity index (χ1) is 27.9. The zero-order valence-corrected chi connectivity index (χ0v) is 28.8. The third-order valence-corrected chi connectivity index (χ3v) is 10.3. The normalized spacial score (nSPS) is 12.5. The lowest BCUT2D eigenvalue weighted by molar-refractivity contribution is 1.28. The van der Waals surface area contributed by atoms with E-state index in [1.807, 2.05) is 77.7 Å². The Morgan fingerprint density at radius 2 is 0.830 bits per heavy atom. The summed E-state index contributed by atoms with van der Waals surface area (Å²) in [6.45, 7) is 0. The lowest BCUT2D eigenvalue weighted by Gasteiger charge is -2.26. The highest BCUT2D eigenvalue weighted by molar-refractivity contribution is 6.08. The standard InChI is InChI=1S/C52H35N/c1-2-12-41-33-44(21-19-36(41)9-1)42-14-7-15-48(35-42)53(47-30-25-40(26-31-47)51-18-8-13-38-10-3-5-16-49(38)51)46-28-23-37(24-29-46)43-27-32-52-45(34-43)22-20-39-11-4-6-17-50(39)52/h1-35H/i23D,24D,28D,29D. The monoisotopic (exact) mass is 677 g/mol. The van der Waals surface area contributed by atoms with E-state index < -0.39 is 0 Å². The van der Waals surface area contributed by atoms with Crippen molar-refractivity contribution in [1.29, 1.82) is 0 Å². The van der Waals surface area contributed by atoms with E-state index in [4.69, 9.17) is 0 Å². The Labute approximate surface area is 315 Å². The van der Waals surface area contributed by atoms with Crippen molar-refractivity contribution in [3.05, 3.63) is 212 Å². The highest BCUT2D eigenvalue weighted by Gasteiger charge is 2.15. The number of anilines is 3. The molecule has 0 unspecified atom stereocenters. The first kappa shape index (κ1) is 26.8. The summed E-state index contributed by atoms with van der Waals surface area (Å²) in [5.74, 6) is 0. The molecule has 0 fully saturated rings. The Balaban J connectivity index is 1.14. The lowest BCUT2D eigenvalue weighted by Crippen LogP contribution is -2.10. The maximum Gasteiger partial charge on any atom is 0.0645 e. The van der Waals surface area contributed by atoms with Crippen LogP contribution in [0.2, 0.25) is 0 Å². The van der Waals surface area contributed by atoms with Crippen molar-refractivity contribution in [1.82, 2.24) is 0 Å². The molecule has 0 heterocycles. The fourth-order valence-corrected chi connectivity index (χ4v) is 7.60. The second-order valence-corrected chi connectivity index (χ2v) is 13.5. The van der Waals surface area contributed by atoms with Crippen LogP contribution < -0.4 is 4.90 Å². The van der Waals surface area contributed by atoms with E-state index in [2.05, 4.69) is 115 Å². The molecular formula is C52H35N. The second kappa shape index (κ2) is 13.0. The first-order valence-electron chi connectivity index (χ1n) is 19.9. The van der Waals surface area contributed by atoms with Crippen LogP contribution in [0.3, 0.4) is 0 Å². The van der Waals surface area contributed by atoms with Gasteiger partial charge in [-0.3, -0.25) is 0 Å². The Morgan fingerprint density at radius 3 is 1.66 bits per heavy atom. The van der Waals surface area contributed by atoms with Crippen LogP contribution in [0.25, 0.3) is 76.5 Å². The summed E-state index contributed by atoms with van der Waals surface area (Å²) >= 11 is 0. The SMILES string of the molecule is [2H]c1c([2H])c(N(c2ccc(-c3cccc4ccccc34)cc2)c2cccc(-c3ccc4ccccc4c3)c2)c([2H])c([2H])c1-c1ccc2c(ccc3ccccc32)c1. The summed E-state index contributed by atoms with van der Waals surface area (Å²) in [6, 6.07) is 63.5. The van der Waals surface area contributed by atoms with Gasteiger partial charge in [0.25, 0.3) is 0 Å². The largest absolute Gasteiger partial charge is 0.310 e. The van der Waals surface area contributed by atoms with Crippen LogP contribution in [0.5, 0.6) is 0 Å². The quantitative estimate of drug-likeness (QED) is 0.158. The molecule has 0 aromatic heterocycles. The molecule has 0 spiro atoms. The predicted molar refractivity (Wildman–Crippen MR) is 227 cm³/mol. The maximum absolute atomic E-state index is 9.57. The van der Waals surface area contributed by atoms with Crippen LogP contribution in [0.1, 0.15) is 5.48 Å². The molecule has 1 nitrogen and oxygen atoms in total. The maximum atomic E-state index is 9.57. The minimum absolute atomic E-state index is 0.0887. The van der Waals surface area contributed by atoms with Gasteiger partial charge in [0.15, 0.2) is 0 Å². The summed E-state index contributed by atoms with van der Waals surface area (Å²) in [6.07, 6.45) is 0. The van der Waals surface area contributed by atoms with Gasteiger partial charge in [-0.1, -0.05) is 164 Å². The number of nitrogens with zero attached hydrogens (tertiary/aromatic N) is 1. The van der Waals surface area contributed by atoms with Gasteiger partial charge in [-0.05, 0) is 125 Å². The van der Waals surface area contributed by atoms with Gasteiger partial charge in [0.2, 0.25) is 0 Å². The number of benzene rings is 10. The molecule has 0 aliphatic carbocycles. The van der Waals surface area contributed by atoms with Gasteiger partial charge in [0.1, 0.15) is 0 Å². The zero-order valence-electron chi connectivity index (χ0n) is 32.8. The van der Waals surface area contributed by atoms with Gasteiger partial charge in [0.05, 0.1) is 5.48 Å². The molecule has 0 bridgehead atoms. The molecule has 10 aromatic carbocycles. The lowest BCUT2D eigenvalue weighted by atomic mass is 9.97. The van der Waals surface area contributed by atoms with Crippen molar-refractivity contribution in [3.63, 3.8) is 0 Å². The predicted octanol–water partition coefficient (Wildman–Crippen LogP) is 14.8. The summed E-state index contributed by atoms with van der Waals surface area (Å²) in [7, 11) is 0. The van der Waals surface area contributed by atoms with Crippen LogP contribution >= 0.6 is 0 Å². The number of fused-ring (bicyclic) bond motifs is 5. The van der Waals surface area contributed by atoms with Crippen molar-refractivity contribution in [2.45, 2.75) is 0 Å². The van der Waals surface area contributed by atoms with Gasteiger partial charge in [-0.25, -0.2) is 0 Å². The molecule has 0 aliphatic heterocycles. The molecule has 0 radical (unpaired) electrons. The molecule has 53 heavy (non-hydrogen) atoms. The molecule has 0 saturated carbocycles. The van der Waals surface area contributed by atoms with E-state index in [1.54, 1.807) is 0 Å². The van der Waals surface area contributed by atoms with Crippen molar-refractivity contribution in [3.8, 4) is 33.4 Å².